The maximum atomic E-state index is 15.7. The van der Waals surface area contributed by atoms with Crippen molar-refractivity contribution >= 4 is 33.3 Å². The topological polar surface area (TPSA) is 0 Å². The second-order valence-electron chi connectivity index (χ2n) is 10.8. The molecule has 40 heavy (non-hydrogen) atoms. The van der Waals surface area contributed by atoms with Gasteiger partial charge in [0.15, 0.2) is 0 Å². The first kappa shape index (κ1) is 27.6. The molecule has 2 aliphatic heterocycles. The van der Waals surface area contributed by atoms with Crippen LogP contribution >= 0.6 is 23.5 Å². The minimum Gasteiger partial charge on any atom is -0.194 e. The summed E-state index contributed by atoms with van der Waals surface area (Å²) in [6, 6.07) is 18.0. The first-order chi connectivity index (χ1) is 18.8. The third kappa shape index (κ3) is 3.44. The van der Waals surface area contributed by atoms with E-state index in [0.29, 0.717) is 20.9 Å². The molecule has 2 aromatic carbocycles. The number of hydrogen-bond acceptors (Lipinski definition) is 2. The van der Waals surface area contributed by atoms with Crippen molar-refractivity contribution in [3.05, 3.63) is 118 Å². The molecule has 1 fully saturated rings. The fourth-order valence-corrected chi connectivity index (χ4v) is 9.13. The Kier molecular flexibility index (Phi) is 6.18. The molecule has 1 saturated carbocycles. The molecule has 0 amide bonds. The van der Waals surface area contributed by atoms with Crippen LogP contribution in [0.2, 0.25) is 0 Å². The van der Waals surface area contributed by atoms with Crippen LogP contribution in [-0.2, 0) is 0 Å². The summed E-state index contributed by atoms with van der Waals surface area (Å²) in [4.78, 5) is 1.15. The standard InChI is InChI=1S/C32H26F6S2/c1-4-19(2)15-16-29-23(18-25(40-29)21-13-9-6-10-14-21)27-26(30(33,34)32(37,38)31(27,35)36)22-17-24(39-28(22,29)3)20-11-7-5-8-12-20/h5-19H,4H2,1-3H3/t19-,28+,29+/m0/s1. The summed E-state index contributed by atoms with van der Waals surface area (Å²) in [5.74, 6) is -15.6. The molecule has 6 rings (SSSR count). The zero-order valence-corrected chi connectivity index (χ0v) is 23.6. The SMILES string of the molecule is CC[C@H](C)C=C[C@@]12SC(c3ccccc3)=CC1=C1C(=C3C=C(c4ccccc4)S[C@]32C)C(F)(F)C(F)(F)C1(F)F. The number of benzene rings is 2. The van der Waals surface area contributed by atoms with E-state index in [1.807, 2.05) is 32.1 Å². The van der Waals surface area contributed by atoms with Crippen LogP contribution in [0.4, 0.5) is 26.3 Å². The van der Waals surface area contributed by atoms with E-state index in [1.165, 1.54) is 35.7 Å². The highest BCUT2D eigenvalue weighted by Crippen LogP contribution is 2.75. The van der Waals surface area contributed by atoms with Gasteiger partial charge >= 0.3 is 17.8 Å². The van der Waals surface area contributed by atoms with Crippen LogP contribution in [-0.4, -0.2) is 27.3 Å². The van der Waals surface area contributed by atoms with Crippen LogP contribution in [0.5, 0.6) is 0 Å². The lowest BCUT2D eigenvalue weighted by Crippen LogP contribution is -2.49. The van der Waals surface area contributed by atoms with Crippen molar-refractivity contribution in [2.75, 3.05) is 0 Å². The zero-order chi connectivity index (χ0) is 28.7. The smallest absolute Gasteiger partial charge is 0.194 e. The minimum atomic E-state index is -5.58. The van der Waals surface area contributed by atoms with Gasteiger partial charge < -0.3 is 0 Å². The highest BCUT2D eigenvalue weighted by molar-refractivity contribution is 8.14. The molecular formula is C32H26F6S2. The zero-order valence-electron chi connectivity index (χ0n) is 22.0. The van der Waals surface area contributed by atoms with Gasteiger partial charge in [0.25, 0.3) is 0 Å². The van der Waals surface area contributed by atoms with Crippen molar-refractivity contribution < 1.29 is 26.3 Å². The van der Waals surface area contributed by atoms with E-state index in [4.69, 9.17) is 0 Å². The Balaban J connectivity index is 1.71. The molecule has 2 aromatic rings. The molecule has 2 heterocycles. The summed E-state index contributed by atoms with van der Waals surface area (Å²) >= 11 is 2.55. The molecule has 4 aliphatic rings. The molecule has 0 nitrogen and oxygen atoms in total. The molecular weight excluding hydrogens is 562 g/mol. The first-order valence-electron chi connectivity index (χ1n) is 13.1. The number of fused-ring (bicyclic) bond motifs is 4. The fourth-order valence-electron chi connectivity index (χ4n) is 5.91. The van der Waals surface area contributed by atoms with E-state index in [-0.39, 0.29) is 17.1 Å². The predicted molar refractivity (Wildman–Crippen MR) is 153 cm³/mol. The fraction of sp³-hybridized carbons (Fsp3) is 0.312. The van der Waals surface area contributed by atoms with E-state index < -0.39 is 38.4 Å². The molecule has 8 heteroatoms. The maximum absolute atomic E-state index is 15.7. The first-order valence-corrected chi connectivity index (χ1v) is 14.7. The van der Waals surface area contributed by atoms with Crippen LogP contribution in [0.15, 0.2) is 107 Å². The third-order valence-corrected chi connectivity index (χ3v) is 11.7. The Labute approximate surface area is 238 Å². The lowest BCUT2D eigenvalue weighted by atomic mass is 9.70. The maximum Gasteiger partial charge on any atom is 0.380 e. The molecule has 0 radical (unpaired) electrons. The van der Waals surface area contributed by atoms with Gasteiger partial charge in [-0.3, -0.25) is 0 Å². The second kappa shape index (κ2) is 8.96. The summed E-state index contributed by atoms with van der Waals surface area (Å²) in [5, 5.41) is 0. The van der Waals surface area contributed by atoms with Crippen LogP contribution < -0.4 is 0 Å². The average Bonchev–Trinajstić information content (AvgIpc) is 3.53. The molecule has 0 spiro atoms. The molecule has 0 N–H and O–H groups in total. The normalized spacial score (nSPS) is 30.2. The highest BCUT2D eigenvalue weighted by Gasteiger charge is 2.84. The number of halogens is 6. The van der Waals surface area contributed by atoms with Crippen molar-refractivity contribution in [1.29, 1.82) is 0 Å². The highest BCUT2D eigenvalue weighted by atomic mass is 32.2. The third-order valence-electron chi connectivity index (χ3n) is 8.38. The number of hydrogen-bond donors (Lipinski definition) is 0. The van der Waals surface area contributed by atoms with Gasteiger partial charge in [0.1, 0.15) is 0 Å². The van der Waals surface area contributed by atoms with E-state index in [9.17, 15) is 0 Å². The van der Waals surface area contributed by atoms with Crippen molar-refractivity contribution in [1.82, 2.24) is 0 Å². The minimum absolute atomic E-state index is 0.0550. The largest absolute Gasteiger partial charge is 0.380 e. The molecule has 208 valence electrons. The summed E-state index contributed by atoms with van der Waals surface area (Å²) in [6.45, 7) is 5.68. The van der Waals surface area contributed by atoms with Crippen molar-refractivity contribution in [3.63, 3.8) is 0 Å². The summed E-state index contributed by atoms with van der Waals surface area (Å²) in [5.41, 5.74) is -1.41. The van der Waals surface area contributed by atoms with E-state index in [2.05, 4.69) is 0 Å². The van der Waals surface area contributed by atoms with E-state index >= 15 is 26.3 Å². The monoisotopic (exact) mass is 588 g/mol. The Morgan fingerprint density at radius 3 is 1.73 bits per heavy atom. The molecule has 0 bridgehead atoms. The van der Waals surface area contributed by atoms with Gasteiger partial charge in [-0.2, -0.15) is 26.3 Å². The van der Waals surface area contributed by atoms with Crippen LogP contribution in [0, 0.1) is 5.92 Å². The van der Waals surface area contributed by atoms with E-state index in [1.54, 1.807) is 61.5 Å². The van der Waals surface area contributed by atoms with Gasteiger partial charge in [-0.15, -0.1) is 23.5 Å². The molecule has 0 saturated heterocycles. The Bertz CT molecular complexity index is 1530. The Morgan fingerprint density at radius 1 is 0.725 bits per heavy atom. The Morgan fingerprint density at radius 2 is 1.20 bits per heavy atom. The molecule has 0 unspecified atom stereocenters. The van der Waals surface area contributed by atoms with Crippen LogP contribution in [0.25, 0.3) is 9.81 Å². The van der Waals surface area contributed by atoms with Gasteiger partial charge in [0, 0.05) is 21.0 Å². The lowest BCUT2D eigenvalue weighted by molar-refractivity contribution is -0.258. The molecule has 2 aliphatic carbocycles. The summed E-state index contributed by atoms with van der Waals surface area (Å²) in [6.07, 6.45) is 7.33. The predicted octanol–water partition coefficient (Wildman–Crippen LogP) is 10.2. The van der Waals surface area contributed by atoms with Crippen LogP contribution in [0.1, 0.15) is 38.3 Å². The summed E-state index contributed by atoms with van der Waals surface area (Å²) < 4.78 is 90.4. The lowest BCUT2D eigenvalue weighted by Gasteiger charge is -2.48. The van der Waals surface area contributed by atoms with Gasteiger partial charge in [-0.1, -0.05) is 93.1 Å². The van der Waals surface area contributed by atoms with Crippen molar-refractivity contribution in [3.8, 4) is 0 Å². The quantitative estimate of drug-likeness (QED) is 0.252. The Hall–Kier alpha value is -2.58. The number of alkyl halides is 6. The number of thioether (sulfide) groups is 2. The van der Waals surface area contributed by atoms with Crippen molar-refractivity contribution in [2.24, 2.45) is 5.92 Å². The second-order valence-corrected chi connectivity index (χ2v) is 13.5. The molecule has 0 aromatic heterocycles. The van der Waals surface area contributed by atoms with Crippen LogP contribution in [0.3, 0.4) is 0 Å². The van der Waals surface area contributed by atoms with Gasteiger partial charge in [-0.25, -0.2) is 0 Å². The molecule has 3 atom stereocenters. The van der Waals surface area contributed by atoms with Gasteiger partial charge in [0.2, 0.25) is 0 Å². The average molecular weight is 589 g/mol. The number of allylic oxidation sites excluding steroid dienone is 5. The summed E-state index contributed by atoms with van der Waals surface area (Å²) in [7, 11) is 0. The van der Waals surface area contributed by atoms with Gasteiger partial charge in [0.05, 0.1) is 9.49 Å². The van der Waals surface area contributed by atoms with Crippen molar-refractivity contribution in [2.45, 2.75) is 54.5 Å². The van der Waals surface area contributed by atoms with E-state index in [0.717, 1.165) is 6.42 Å². The van der Waals surface area contributed by atoms with Gasteiger partial charge in [-0.05, 0) is 47.3 Å². The number of rotatable bonds is 5.